The predicted molar refractivity (Wildman–Crippen MR) is 59.9 cm³/mol. The number of halogens is 2. The van der Waals surface area contributed by atoms with Crippen molar-refractivity contribution < 1.29 is 9.90 Å². The van der Waals surface area contributed by atoms with Gasteiger partial charge in [-0.2, -0.15) is 0 Å². The lowest BCUT2D eigenvalue weighted by Gasteiger charge is -2.03. The number of benzene rings is 1. The molecule has 0 heterocycles. The SMILES string of the molecule is O=C(CBr)Cc1ccc(Cl)c(CO)c1. The van der Waals surface area contributed by atoms with Crippen molar-refractivity contribution in [2.24, 2.45) is 0 Å². The summed E-state index contributed by atoms with van der Waals surface area (Å²) in [5, 5.41) is 9.84. The first-order valence-corrected chi connectivity index (χ1v) is 5.63. The molecule has 76 valence electrons. The molecule has 1 aromatic rings. The topological polar surface area (TPSA) is 37.3 Å². The minimum atomic E-state index is -0.102. The van der Waals surface area contributed by atoms with Crippen LogP contribution in [0.2, 0.25) is 5.02 Å². The molecule has 0 saturated heterocycles. The van der Waals surface area contributed by atoms with Crippen LogP contribution in [0.4, 0.5) is 0 Å². The second-order valence-corrected chi connectivity index (χ2v) is 3.90. The minimum absolute atomic E-state index is 0.102. The van der Waals surface area contributed by atoms with E-state index in [9.17, 15) is 4.79 Å². The molecule has 4 heteroatoms. The Balaban J connectivity index is 2.84. The monoisotopic (exact) mass is 276 g/mol. The number of alkyl halides is 1. The summed E-state index contributed by atoms with van der Waals surface area (Å²) in [5.74, 6) is 0.108. The summed E-state index contributed by atoms with van der Waals surface area (Å²) < 4.78 is 0. The average Bonchev–Trinajstić information content (AvgIpc) is 2.20. The zero-order chi connectivity index (χ0) is 10.6. The number of rotatable bonds is 4. The van der Waals surface area contributed by atoms with Crippen molar-refractivity contribution in [3.05, 3.63) is 34.3 Å². The standard InChI is InChI=1S/C10H10BrClO2/c11-5-9(14)4-7-1-2-10(12)8(3-7)6-13/h1-3,13H,4-6H2. The average molecular weight is 278 g/mol. The van der Waals surface area contributed by atoms with Crippen LogP contribution in [0, 0.1) is 0 Å². The Kier molecular flexibility index (Phi) is 4.58. The van der Waals surface area contributed by atoms with E-state index < -0.39 is 0 Å². The third-order valence-corrected chi connectivity index (χ3v) is 2.82. The molecule has 1 N–H and O–H groups in total. The first-order chi connectivity index (χ1) is 6.67. The van der Waals surface area contributed by atoms with Crippen LogP contribution >= 0.6 is 27.5 Å². The highest BCUT2D eigenvalue weighted by Crippen LogP contribution is 2.18. The number of hydrogen-bond acceptors (Lipinski definition) is 2. The Morgan fingerprint density at radius 3 is 2.79 bits per heavy atom. The summed E-state index contributed by atoms with van der Waals surface area (Å²) in [6, 6.07) is 5.24. The zero-order valence-corrected chi connectivity index (χ0v) is 9.81. The van der Waals surface area contributed by atoms with Crippen molar-refractivity contribution in [2.45, 2.75) is 13.0 Å². The lowest BCUT2D eigenvalue weighted by Crippen LogP contribution is -2.03. The van der Waals surface area contributed by atoms with Crippen molar-refractivity contribution in [1.29, 1.82) is 0 Å². The van der Waals surface area contributed by atoms with Gasteiger partial charge in [-0.05, 0) is 17.2 Å². The van der Waals surface area contributed by atoms with Gasteiger partial charge in [-0.3, -0.25) is 4.79 Å². The molecule has 0 atom stereocenters. The van der Waals surface area contributed by atoms with Gasteiger partial charge in [0.2, 0.25) is 0 Å². The Bertz CT molecular complexity index is 339. The zero-order valence-electron chi connectivity index (χ0n) is 7.46. The van der Waals surface area contributed by atoms with Crippen molar-refractivity contribution in [1.82, 2.24) is 0 Å². The molecule has 0 spiro atoms. The van der Waals surface area contributed by atoms with Gasteiger partial charge in [0.25, 0.3) is 0 Å². The van der Waals surface area contributed by atoms with Crippen LogP contribution in [-0.2, 0) is 17.8 Å². The molecular weight excluding hydrogens is 267 g/mol. The summed E-state index contributed by atoms with van der Waals surface area (Å²) in [4.78, 5) is 11.1. The van der Waals surface area contributed by atoms with Gasteiger partial charge in [0, 0.05) is 11.4 Å². The van der Waals surface area contributed by atoms with Crippen LogP contribution in [0.5, 0.6) is 0 Å². The van der Waals surface area contributed by atoms with E-state index in [0.29, 0.717) is 22.3 Å². The summed E-state index contributed by atoms with van der Waals surface area (Å²) in [6.45, 7) is -0.102. The smallest absolute Gasteiger partial charge is 0.147 e. The molecule has 14 heavy (non-hydrogen) atoms. The number of carbonyl (C=O) groups excluding carboxylic acids is 1. The second kappa shape index (κ2) is 5.49. The lowest BCUT2D eigenvalue weighted by molar-refractivity contribution is -0.115. The summed E-state index contributed by atoms with van der Waals surface area (Å²) in [7, 11) is 0. The Morgan fingerprint density at radius 2 is 2.21 bits per heavy atom. The van der Waals surface area contributed by atoms with Crippen LogP contribution < -0.4 is 0 Å². The largest absolute Gasteiger partial charge is 0.392 e. The molecule has 0 aliphatic carbocycles. The molecule has 0 fully saturated rings. The summed E-state index contributed by atoms with van der Waals surface area (Å²) in [6.07, 6.45) is 0.370. The predicted octanol–water partition coefficient (Wildman–Crippen LogP) is 2.34. The van der Waals surface area contributed by atoms with E-state index in [1.54, 1.807) is 18.2 Å². The quantitative estimate of drug-likeness (QED) is 0.858. The fraction of sp³-hybridized carbons (Fsp3) is 0.300. The molecule has 0 aliphatic heterocycles. The fourth-order valence-electron chi connectivity index (χ4n) is 1.13. The molecule has 0 saturated carbocycles. The van der Waals surface area contributed by atoms with Crippen LogP contribution in [0.3, 0.4) is 0 Å². The molecule has 1 aromatic carbocycles. The van der Waals surface area contributed by atoms with E-state index in [2.05, 4.69) is 15.9 Å². The van der Waals surface area contributed by atoms with Gasteiger partial charge >= 0.3 is 0 Å². The minimum Gasteiger partial charge on any atom is -0.392 e. The highest BCUT2D eigenvalue weighted by molar-refractivity contribution is 9.09. The Hall–Kier alpha value is -0.380. The molecule has 1 rings (SSSR count). The highest BCUT2D eigenvalue weighted by Gasteiger charge is 2.04. The van der Waals surface area contributed by atoms with E-state index in [1.807, 2.05) is 0 Å². The molecule has 0 aromatic heterocycles. The van der Waals surface area contributed by atoms with Gasteiger partial charge in [0.15, 0.2) is 0 Å². The third-order valence-electron chi connectivity index (χ3n) is 1.83. The van der Waals surface area contributed by atoms with E-state index >= 15 is 0 Å². The number of carbonyl (C=O) groups is 1. The Morgan fingerprint density at radius 1 is 1.50 bits per heavy atom. The van der Waals surface area contributed by atoms with E-state index in [1.165, 1.54) is 0 Å². The molecular formula is C10H10BrClO2. The van der Waals surface area contributed by atoms with Crippen LogP contribution in [0.25, 0.3) is 0 Å². The van der Waals surface area contributed by atoms with Crippen molar-refractivity contribution in [3.8, 4) is 0 Å². The molecule has 0 unspecified atom stereocenters. The van der Waals surface area contributed by atoms with Gasteiger partial charge in [0.05, 0.1) is 11.9 Å². The van der Waals surface area contributed by atoms with Crippen molar-refractivity contribution >= 4 is 33.3 Å². The maximum absolute atomic E-state index is 11.1. The molecule has 2 nitrogen and oxygen atoms in total. The number of aliphatic hydroxyl groups excluding tert-OH is 1. The summed E-state index contributed by atoms with van der Waals surface area (Å²) >= 11 is 8.91. The number of hydrogen-bond donors (Lipinski definition) is 1. The summed E-state index contributed by atoms with van der Waals surface area (Å²) in [5.41, 5.74) is 1.54. The first kappa shape index (κ1) is 11.7. The van der Waals surface area contributed by atoms with Crippen LogP contribution in [-0.4, -0.2) is 16.2 Å². The first-order valence-electron chi connectivity index (χ1n) is 4.13. The normalized spacial score (nSPS) is 10.2. The molecule has 0 bridgehead atoms. The molecule has 0 amide bonds. The third kappa shape index (κ3) is 3.08. The van der Waals surface area contributed by atoms with Crippen LogP contribution in [0.15, 0.2) is 18.2 Å². The Labute approximate surface area is 96.0 Å². The van der Waals surface area contributed by atoms with E-state index in [0.717, 1.165) is 5.56 Å². The van der Waals surface area contributed by atoms with Crippen molar-refractivity contribution in [2.75, 3.05) is 5.33 Å². The maximum Gasteiger partial charge on any atom is 0.147 e. The van der Waals surface area contributed by atoms with E-state index in [4.69, 9.17) is 16.7 Å². The molecule has 0 aliphatic rings. The number of aliphatic hydroxyl groups is 1. The molecule has 0 radical (unpaired) electrons. The van der Waals surface area contributed by atoms with E-state index in [-0.39, 0.29) is 12.4 Å². The van der Waals surface area contributed by atoms with Gasteiger partial charge in [-0.1, -0.05) is 39.7 Å². The lowest BCUT2D eigenvalue weighted by atomic mass is 10.1. The van der Waals surface area contributed by atoms with Gasteiger partial charge < -0.3 is 5.11 Å². The maximum atomic E-state index is 11.1. The van der Waals surface area contributed by atoms with Gasteiger partial charge in [-0.15, -0.1) is 0 Å². The number of Topliss-reactive ketones (excluding diaryl/α,β-unsaturated/α-hetero) is 1. The number of ketones is 1. The van der Waals surface area contributed by atoms with Gasteiger partial charge in [0.1, 0.15) is 5.78 Å². The van der Waals surface area contributed by atoms with Gasteiger partial charge in [-0.25, -0.2) is 0 Å². The second-order valence-electron chi connectivity index (χ2n) is 2.93. The fourth-order valence-corrected chi connectivity index (χ4v) is 1.51. The van der Waals surface area contributed by atoms with Crippen molar-refractivity contribution in [3.63, 3.8) is 0 Å². The van der Waals surface area contributed by atoms with Crippen LogP contribution in [0.1, 0.15) is 11.1 Å². The highest BCUT2D eigenvalue weighted by atomic mass is 79.9.